The minimum Gasteiger partial charge on any atom is -0.174 e. The first-order valence-electron chi connectivity index (χ1n) is 1.74. The number of nitrogens with zero attached hydrogens (tertiary/aromatic N) is 3. The van der Waals surface area contributed by atoms with E-state index < -0.39 is 0 Å². The van der Waals surface area contributed by atoms with E-state index in [4.69, 9.17) is 5.26 Å². The summed E-state index contributed by atoms with van der Waals surface area (Å²) in [6, 6.07) is 2.61. The minimum absolute atomic E-state index is 1.12. The van der Waals surface area contributed by atoms with Gasteiger partial charge < -0.3 is 0 Å². The molecule has 0 unspecified atom stereocenters. The molecule has 7 heavy (non-hydrogen) atoms. The number of hydrogen-bond acceptors (Lipinski definition) is 2. The third-order valence-corrected chi connectivity index (χ3v) is 0.556. The van der Waals surface area contributed by atoms with Gasteiger partial charge in [-0.2, -0.15) is 15.0 Å². The summed E-state index contributed by atoms with van der Waals surface area (Å²) in [5.41, 5.74) is 0. The van der Waals surface area contributed by atoms with Crippen molar-refractivity contribution in [1.29, 1.82) is 5.26 Å². The predicted molar refractivity (Wildman–Crippen MR) is 22.1 cm³/mol. The second-order valence-corrected chi connectivity index (χ2v) is 0.985. The van der Waals surface area contributed by atoms with Crippen molar-refractivity contribution in [3.8, 4) is 6.19 Å². The van der Waals surface area contributed by atoms with E-state index >= 15 is 0 Å². The van der Waals surface area contributed by atoms with E-state index in [1.807, 2.05) is 0 Å². The summed E-state index contributed by atoms with van der Waals surface area (Å²) in [5.74, 6) is 0. The molecule has 3 heteroatoms. The lowest BCUT2D eigenvalue weighted by atomic mass is 10.8. The van der Waals surface area contributed by atoms with E-state index in [9.17, 15) is 0 Å². The van der Waals surface area contributed by atoms with Crippen LogP contribution in [0.5, 0.6) is 0 Å². The van der Waals surface area contributed by atoms with Crippen LogP contribution >= 0.6 is 0 Å². The molecule has 1 aromatic heterocycles. The van der Waals surface area contributed by atoms with Gasteiger partial charge in [-0.05, 0) is 0 Å². The van der Waals surface area contributed by atoms with Gasteiger partial charge in [0.05, 0.1) is 6.20 Å². The molecule has 0 aliphatic heterocycles. The van der Waals surface area contributed by atoms with Crippen LogP contribution < -0.4 is 0 Å². The zero-order valence-electron chi connectivity index (χ0n) is 3.50. The van der Waals surface area contributed by atoms with Gasteiger partial charge in [0.25, 0.3) is 0 Å². The van der Waals surface area contributed by atoms with Crippen molar-refractivity contribution in [2.45, 2.75) is 0 Å². The molecule has 3 nitrogen and oxygen atoms in total. The highest BCUT2D eigenvalue weighted by Crippen LogP contribution is 1.74. The Labute approximate surface area is 40.8 Å². The maximum absolute atomic E-state index is 8.06. The molecule has 0 saturated carbocycles. The highest BCUT2D eigenvalue weighted by Gasteiger charge is 1.77. The van der Waals surface area contributed by atoms with Crippen molar-refractivity contribution in [1.82, 2.24) is 9.78 Å². The standard InChI is InChI=1S/C4H2N3/c5-4-7-3-1-2-6-7/h2-3H. The third kappa shape index (κ3) is 0.578. The highest BCUT2D eigenvalue weighted by molar-refractivity contribution is 4.83. The number of rotatable bonds is 0. The van der Waals surface area contributed by atoms with Crippen LogP contribution in [0.25, 0.3) is 0 Å². The van der Waals surface area contributed by atoms with Crippen molar-refractivity contribution < 1.29 is 0 Å². The average molecular weight is 92.1 g/mol. The summed E-state index contributed by atoms with van der Waals surface area (Å²) in [6.07, 6.45) is 4.67. The Morgan fingerprint density at radius 2 is 2.71 bits per heavy atom. The van der Waals surface area contributed by atoms with Crippen LogP contribution in [0.1, 0.15) is 0 Å². The molecule has 0 atom stereocenters. The molecule has 0 aliphatic carbocycles. The second kappa shape index (κ2) is 1.43. The van der Waals surface area contributed by atoms with Crippen molar-refractivity contribution in [3.05, 3.63) is 18.5 Å². The third-order valence-electron chi connectivity index (χ3n) is 0.556. The minimum atomic E-state index is 1.12. The molecule has 0 saturated heterocycles. The highest BCUT2D eigenvalue weighted by atomic mass is 15.2. The van der Waals surface area contributed by atoms with Gasteiger partial charge in [-0.25, -0.2) is 0 Å². The molecule has 33 valence electrons. The van der Waals surface area contributed by atoms with E-state index in [-0.39, 0.29) is 0 Å². The smallest absolute Gasteiger partial charge is 0.174 e. The Kier molecular flexibility index (Phi) is 0.794. The molecule has 0 bridgehead atoms. The fraction of sp³-hybridized carbons (Fsp3) is 0. The largest absolute Gasteiger partial charge is 0.206 e. The van der Waals surface area contributed by atoms with Gasteiger partial charge in [0.15, 0.2) is 0 Å². The molecule has 0 amide bonds. The van der Waals surface area contributed by atoms with Crippen LogP contribution in [0.3, 0.4) is 0 Å². The first kappa shape index (κ1) is 3.88. The average Bonchev–Trinajstić information content (AvgIpc) is 2.14. The van der Waals surface area contributed by atoms with E-state index in [0.29, 0.717) is 0 Å². The number of aromatic nitrogens is 2. The lowest BCUT2D eigenvalue weighted by Gasteiger charge is -1.72. The van der Waals surface area contributed by atoms with Crippen LogP contribution in [0.15, 0.2) is 12.4 Å². The molecule has 0 aliphatic rings. The SMILES string of the molecule is N#Cn1c[c]cn1. The molecule has 1 heterocycles. The Hall–Kier alpha value is -1.30. The Morgan fingerprint density at radius 1 is 1.86 bits per heavy atom. The monoisotopic (exact) mass is 92.0 g/mol. The maximum Gasteiger partial charge on any atom is 0.206 e. The van der Waals surface area contributed by atoms with E-state index in [1.165, 1.54) is 12.4 Å². The maximum atomic E-state index is 8.06. The van der Waals surface area contributed by atoms with Crippen LogP contribution in [0, 0.1) is 17.5 Å². The van der Waals surface area contributed by atoms with Crippen LogP contribution in [-0.2, 0) is 0 Å². The molecule has 0 spiro atoms. The Balaban J connectivity index is 3.04. The molecular formula is C4H2N3. The van der Waals surface area contributed by atoms with Crippen LogP contribution in [0.4, 0.5) is 0 Å². The summed E-state index contributed by atoms with van der Waals surface area (Å²) >= 11 is 0. The fourth-order valence-corrected chi connectivity index (χ4v) is 0.287. The summed E-state index contributed by atoms with van der Waals surface area (Å²) in [5, 5.41) is 11.6. The van der Waals surface area contributed by atoms with Gasteiger partial charge in [0.1, 0.15) is 0 Å². The lowest BCUT2D eigenvalue weighted by Crippen LogP contribution is -1.84. The zero-order chi connectivity index (χ0) is 5.11. The van der Waals surface area contributed by atoms with E-state index in [0.717, 1.165) is 4.68 Å². The van der Waals surface area contributed by atoms with Crippen LogP contribution in [-0.4, -0.2) is 9.78 Å². The molecule has 0 fully saturated rings. The van der Waals surface area contributed by atoms with E-state index in [2.05, 4.69) is 11.2 Å². The molecule has 0 N–H and O–H groups in total. The Morgan fingerprint density at radius 3 is 3.00 bits per heavy atom. The van der Waals surface area contributed by atoms with Gasteiger partial charge in [-0.3, -0.25) is 0 Å². The Bertz CT molecular complexity index is 169. The fourth-order valence-electron chi connectivity index (χ4n) is 0.287. The molecule has 1 rings (SSSR count). The predicted octanol–water partition coefficient (Wildman–Crippen LogP) is 0.0125. The van der Waals surface area contributed by atoms with Crippen molar-refractivity contribution in [2.75, 3.05) is 0 Å². The summed E-state index contributed by atoms with van der Waals surface area (Å²) in [4.78, 5) is 0. The summed E-state index contributed by atoms with van der Waals surface area (Å²) in [7, 11) is 0. The first-order valence-corrected chi connectivity index (χ1v) is 1.74. The quantitative estimate of drug-likeness (QED) is 0.452. The molecule has 1 radical (unpaired) electrons. The van der Waals surface area contributed by atoms with Gasteiger partial charge in [0, 0.05) is 12.3 Å². The topological polar surface area (TPSA) is 41.6 Å². The van der Waals surface area contributed by atoms with Crippen molar-refractivity contribution in [2.24, 2.45) is 0 Å². The normalized spacial score (nSPS) is 7.86. The van der Waals surface area contributed by atoms with Gasteiger partial charge in [-0.15, -0.1) is 0 Å². The van der Waals surface area contributed by atoms with Gasteiger partial charge in [-0.1, -0.05) is 0 Å². The summed E-state index contributed by atoms with van der Waals surface area (Å²) in [6.45, 7) is 0. The van der Waals surface area contributed by atoms with E-state index in [1.54, 1.807) is 6.19 Å². The zero-order valence-corrected chi connectivity index (χ0v) is 3.50. The molecule has 1 aromatic rings. The number of hydrogen-bond donors (Lipinski definition) is 0. The van der Waals surface area contributed by atoms with Crippen molar-refractivity contribution >= 4 is 0 Å². The second-order valence-electron chi connectivity index (χ2n) is 0.985. The van der Waals surface area contributed by atoms with Gasteiger partial charge in [0.2, 0.25) is 6.19 Å². The number of nitriles is 1. The molecular weight excluding hydrogens is 90.1 g/mol. The van der Waals surface area contributed by atoms with Crippen LogP contribution in [0.2, 0.25) is 0 Å². The summed E-state index contributed by atoms with van der Waals surface area (Å²) < 4.78 is 1.12. The first-order chi connectivity index (χ1) is 3.43. The molecule has 0 aromatic carbocycles. The van der Waals surface area contributed by atoms with Crippen molar-refractivity contribution in [3.63, 3.8) is 0 Å². The lowest BCUT2D eigenvalue weighted by molar-refractivity contribution is 0.898. The van der Waals surface area contributed by atoms with Gasteiger partial charge >= 0.3 is 0 Å².